The van der Waals surface area contributed by atoms with Crippen LogP contribution in [0.2, 0.25) is 5.02 Å². The van der Waals surface area contributed by atoms with Crippen molar-refractivity contribution in [2.24, 2.45) is 17.2 Å². The van der Waals surface area contributed by atoms with Gasteiger partial charge in [0.1, 0.15) is 18.1 Å². The van der Waals surface area contributed by atoms with E-state index in [1.54, 1.807) is 30.3 Å². The van der Waals surface area contributed by atoms with Crippen LogP contribution in [0.5, 0.6) is 0 Å². The first-order valence-corrected chi connectivity index (χ1v) is 11.5. The lowest BCUT2D eigenvalue weighted by molar-refractivity contribution is -0.131. The maximum atomic E-state index is 12.4. The van der Waals surface area contributed by atoms with Crippen molar-refractivity contribution >= 4 is 47.2 Å². The molecule has 0 spiro atoms. The Morgan fingerprint density at radius 3 is 2.09 bits per heavy atom. The van der Waals surface area contributed by atoms with E-state index in [2.05, 4.69) is 16.0 Å². The normalized spacial score (nSPS) is 13.5. The second-order valence-electron chi connectivity index (χ2n) is 7.92. The molecule has 0 aliphatic carbocycles. The van der Waals surface area contributed by atoms with E-state index < -0.39 is 47.7 Å². The van der Waals surface area contributed by atoms with Crippen molar-refractivity contribution in [2.75, 3.05) is 6.54 Å². The largest absolute Gasteiger partial charge is 0.368 e. The molecule has 12 heteroatoms. The van der Waals surface area contributed by atoms with E-state index in [1.165, 1.54) is 13.0 Å². The molecule has 0 saturated heterocycles. The van der Waals surface area contributed by atoms with Gasteiger partial charge in [-0.2, -0.15) is 0 Å². The summed E-state index contributed by atoms with van der Waals surface area (Å²) in [6.45, 7) is 1.89. The van der Waals surface area contributed by atoms with Gasteiger partial charge < -0.3 is 33.2 Å². The highest BCUT2D eigenvalue weighted by Gasteiger charge is 2.24. The van der Waals surface area contributed by atoms with Crippen LogP contribution < -0.4 is 33.2 Å². The van der Waals surface area contributed by atoms with Crippen LogP contribution in [0.3, 0.4) is 0 Å². The van der Waals surface area contributed by atoms with Crippen molar-refractivity contribution in [3.8, 4) is 0 Å². The molecule has 11 nitrogen and oxygen atoms in total. The number of amides is 5. The first-order valence-electron chi connectivity index (χ1n) is 11.2. The predicted octanol–water partition coefficient (Wildman–Crippen LogP) is -0.293. The van der Waals surface area contributed by atoms with Crippen molar-refractivity contribution in [2.45, 2.75) is 57.2 Å². The molecule has 1 aromatic carbocycles. The lowest BCUT2D eigenvalue weighted by Gasteiger charge is -2.20. The SMILES string of the molecule is CC(NC(=O)/C=C/c1ccc(Cl)cc1)C(=O)N[C@@H](CCC(=O)NC(CCCCN)C(N)=O)C(N)=O. The number of primary amides is 2. The van der Waals surface area contributed by atoms with Crippen molar-refractivity contribution in [1.29, 1.82) is 0 Å². The minimum absolute atomic E-state index is 0.0989. The number of rotatable bonds is 15. The van der Waals surface area contributed by atoms with Gasteiger partial charge in [-0.15, -0.1) is 0 Å². The molecular weight excluding hydrogens is 476 g/mol. The highest BCUT2D eigenvalue weighted by atomic mass is 35.5. The summed E-state index contributed by atoms with van der Waals surface area (Å²) in [5.41, 5.74) is 16.8. The van der Waals surface area contributed by atoms with E-state index >= 15 is 0 Å². The monoisotopic (exact) mass is 508 g/mol. The smallest absolute Gasteiger partial charge is 0.244 e. The molecule has 5 amide bonds. The summed E-state index contributed by atoms with van der Waals surface area (Å²) in [5, 5.41) is 7.98. The minimum atomic E-state index is -1.15. The Labute approximate surface area is 209 Å². The second kappa shape index (κ2) is 15.5. The summed E-state index contributed by atoms with van der Waals surface area (Å²) in [4.78, 5) is 60.0. The molecule has 192 valence electrons. The van der Waals surface area contributed by atoms with Gasteiger partial charge in [0.2, 0.25) is 29.5 Å². The molecule has 0 bridgehead atoms. The summed E-state index contributed by atoms with van der Waals surface area (Å²) < 4.78 is 0. The highest BCUT2D eigenvalue weighted by Crippen LogP contribution is 2.10. The zero-order valence-corrected chi connectivity index (χ0v) is 20.3. The van der Waals surface area contributed by atoms with Crippen LogP contribution in [0.4, 0.5) is 0 Å². The molecule has 9 N–H and O–H groups in total. The second-order valence-corrected chi connectivity index (χ2v) is 8.36. The lowest BCUT2D eigenvalue weighted by Crippen LogP contribution is -2.52. The molecule has 0 saturated carbocycles. The van der Waals surface area contributed by atoms with Gasteiger partial charge in [-0.05, 0) is 62.9 Å². The number of nitrogens with two attached hydrogens (primary N) is 3. The molecule has 1 rings (SSSR count). The van der Waals surface area contributed by atoms with Crippen LogP contribution in [0.25, 0.3) is 6.08 Å². The van der Waals surface area contributed by atoms with Crippen molar-refractivity contribution < 1.29 is 24.0 Å². The molecule has 3 atom stereocenters. The first-order chi connectivity index (χ1) is 16.5. The van der Waals surface area contributed by atoms with Gasteiger partial charge in [0, 0.05) is 17.5 Å². The number of hydrogen-bond acceptors (Lipinski definition) is 6. The molecule has 0 aromatic heterocycles. The molecule has 0 aliphatic heterocycles. The first kappa shape index (κ1) is 29.6. The van der Waals surface area contributed by atoms with Gasteiger partial charge in [-0.3, -0.25) is 24.0 Å². The number of carbonyl (C=O) groups is 5. The molecule has 35 heavy (non-hydrogen) atoms. The molecular formula is C23H33ClN6O5. The quantitative estimate of drug-likeness (QED) is 0.139. The lowest BCUT2D eigenvalue weighted by atomic mass is 10.1. The number of unbranched alkanes of at least 4 members (excludes halogenated alkanes) is 1. The maximum absolute atomic E-state index is 12.4. The molecule has 2 unspecified atom stereocenters. The van der Waals surface area contributed by atoms with Gasteiger partial charge in [0.15, 0.2) is 0 Å². The number of hydrogen-bond donors (Lipinski definition) is 6. The summed E-state index contributed by atoms with van der Waals surface area (Å²) in [6, 6.07) is 3.82. The van der Waals surface area contributed by atoms with Gasteiger partial charge >= 0.3 is 0 Å². The third-order valence-corrected chi connectivity index (χ3v) is 5.25. The number of carbonyl (C=O) groups excluding carboxylic acids is 5. The van der Waals surface area contributed by atoms with Gasteiger partial charge in [0.05, 0.1) is 0 Å². The average Bonchev–Trinajstić information content (AvgIpc) is 2.80. The van der Waals surface area contributed by atoms with E-state index in [1.807, 2.05) is 0 Å². The molecule has 1 aromatic rings. The fraction of sp³-hybridized carbons (Fsp3) is 0.435. The van der Waals surface area contributed by atoms with Crippen LogP contribution in [0, 0.1) is 0 Å². The summed E-state index contributed by atoms with van der Waals surface area (Å²) in [7, 11) is 0. The summed E-state index contributed by atoms with van der Waals surface area (Å²) in [5.74, 6) is -3.22. The third kappa shape index (κ3) is 12.0. The van der Waals surface area contributed by atoms with E-state index in [-0.39, 0.29) is 12.8 Å². The number of benzene rings is 1. The van der Waals surface area contributed by atoms with Crippen molar-refractivity contribution in [3.05, 3.63) is 40.9 Å². The van der Waals surface area contributed by atoms with Crippen LogP contribution in [0.15, 0.2) is 30.3 Å². The molecule has 0 aliphatic rings. The van der Waals surface area contributed by atoms with Crippen molar-refractivity contribution in [1.82, 2.24) is 16.0 Å². The zero-order chi connectivity index (χ0) is 26.4. The van der Waals surface area contributed by atoms with E-state index in [0.29, 0.717) is 30.8 Å². The van der Waals surface area contributed by atoms with Crippen LogP contribution >= 0.6 is 11.6 Å². The Morgan fingerprint density at radius 1 is 0.914 bits per heavy atom. The summed E-state index contributed by atoms with van der Waals surface area (Å²) in [6.07, 6.45) is 4.17. The zero-order valence-electron chi connectivity index (χ0n) is 19.6. The Kier molecular flexibility index (Phi) is 13.1. The third-order valence-electron chi connectivity index (χ3n) is 4.99. The Morgan fingerprint density at radius 2 is 1.51 bits per heavy atom. The predicted molar refractivity (Wildman–Crippen MR) is 132 cm³/mol. The van der Waals surface area contributed by atoms with Gasteiger partial charge in [-0.1, -0.05) is 23.7 Å². The maximum Gasteiger partial charge on any atom is 0.244 e. The van der Waals surface area contributed by atoms with E-state index in [4.69, 9.17) is 28.8 Å². The number of nitrogens with one attached hydrogen (secondary N) is 3. The minimum Gasteiger partial charge on any atom is -0.368 e. The standard InChI is InChI=1S/C23H33ClN6O5/c1-14(28-19(31)11-7-15-5-8-16(24)9-6-15)23(35)30-18(22(27)34)10-12-20(32)29-17(21(26)33)4-2-3-13-25/h5-9,11,14,17-18H,2-4,10,12-13,25H2,1H3,(H2,26,33)(H2,27,34)(H,28,31)(H,29,32)(H,30,35)/b11-7+/t14?,17?,18-/m0/s1. The topological polar surface area (TPSA) is 200 Å². The Hall–Kier alpha value is -3.44. The number of halogens is 1. The fourth-order valence-electron chi connectivity index (χ4n) is 2.98. The van der Waals surface area contributed by atoms with Crippen molar-refractivity contribution in [3.63, 3.8) is 0 Å². The van der Waals surface area contributed by atoms with E-state index in [0.717, 1.165) is 5.56 Å². The van der Waals surface area contributed by atoms with Crippen LogP contribution in [0.1, 0.15) is 44.6 Å². The Bertz CT molecular complexity index is 921. The molecule has 0 radical (unpaired) electrons. The van der Waals surface area contributed by atoms with Gasteiger partial charge in [-0.25, -0.2) is 0 Å². The van der Waals surface area contributed by atoms with E-state index in [9.17, 15) is 24.0 Å². The fourth-order valence-corrected chi connectivity index (χ4v) is 3.10. The Balaban J connectivity index is 2.56. The van der Waals surface area contributed by atoms with Crippen LogP contribution in [-0.2, 0) is 24.0 Å². The summed E-state index contributed by atoms with van der Waals surface area (Å²) >= 11 is 5.81. The van der Waals surface area contributed by atoms with Gasteiger partial charge in [0.25, 0.3) is 0 Å². The highest BCUT2D eigenvalue weighted by molar-refractivity contribution is 6.30. The molecule has 0 fully saturated rings. The van der Waals surface area contributed by atoms with Crippen LogP contribution in [-0.4, -0.2) is 54.2 Å². The average molecular weight is 509 g/mol. The molecule has 0 heterocycles.